The van der Waals surface area contributed by atoms with Crippen LogP contribution in [0, 0.1) is 0 Å². The number of hydrogen-bond donors (Lipinski definition) is 7. The molecule has 13 nitrogen and oxygen atoms in total. The normalized spacial score (nSPS) is 20.4. The molecule has 0 aromatic rings. The number of rotatable bonds is 48. The Labute approximate surface area is 415 Å². The summed E-state index contributed by atoms with van der Waals surface area (Å²) >= 11 is 0. The van der Waals surface area contributed by atoms with E-state index in [1.54, 1.807) is 6.08 Å². The lowest BCUT2D eigenvalue weighted by Gasteiger charge is -2.41. The molecule has 0 saturated carbocycles. The molecule has 1 heterocycles. The zero-order valence-corrected chi connectivity index (χ0v) is 43.9. The van der Waals surface area contributed by atoms with Gasteiger partial charge in [0.25, 0.3) is 0 Å². The molecule has 1 rings (SSSR count). The fourth-order valence-corrected chi connectivity index (χ4v) is 9.44. The summed E-state index contributed by atoms with van der Waals surface area (Å²) in [5.41, 5.74) is 0. The Morgan fingerprint density at radius 2 is 0.971 bits per heavy atom. The van der Waals surface area contributed by atoms with Crippen LogP contribution in [-0.2, 0) is 28.9 Å². The van der Waals surface area contributed by atoms with Crippen molar-refractivity contribution < 1.29 is 57.0 Å². The Balaban J connectivity index is 2.46. The molecular formula is C54H103NO12S. The largest absolute Gasteiger partial charge is 0.397 e. The highest BCUT2D eigenvalue weighted by atomic mass is 32.3. The van der Waals surface area contributed by atoms with Crippen molar-refractivity contribution in [2.24, 2.45) is 0 Å². The third kappa shape index (κ3) is 35.6. The molecule has 8 unspecified atom stereocenters. The van der Waals surface area contributed by atoms with E-state index in [0.717, 1.165) is 57.8 Å². The van der Waals surface area contributed by atoms with Gasteiger partial charge >= 0.3 is 10.4 Å². The maximum atomic E-state index is 13.2. The van der Waals surface area contributed by atoms with Gasteiger partial charge in [-0.1, -0.05) is 231 Å². The van der Waals surface area contributed by atoms with Crippen molar-refractivity contribution in [3.05, 3.63) is 24.3 Å². The van der Waals surface area contributed by atoms with Gasteiger partial charge in [-0.25, -0.2) is 4.18 Å². The van der Waals surface area contributed by atoms with Gasteiger partial charge in [0, 0.05) is 0 Å². The van der Waals surface area contributed by atoms with Crippen LogP contribution in [0.5, 0.6) is 0 Å². The van der Waals surface area contributed by atoms with E-state index in [0.29, 0.717) is 12.8 Å². The SMILES string of the molecule is CCCCCCCCCCCCCC/C=C\CCCCCCCCC(O)C(=O)NC(COC1OC(CO)C(O)C(OS(=O)(=O)O)C1O)C(O)/C=C/CCCCCCCCCCCCCCCCC. The number of aliphatic hydroxyl groups excluding tert-OH is 5. The number of carbonyl (C=O) groups excluding carboxylic acids is 1. The number of allylic oxidation sites excluding steroid dienone is 3. The summed E-state index contributed by atoms with van der Waals surface area (Å²) in [5, 5.41) is 55.5. The van der Waals surface area contributed by atoms with Crippen LogP contribution in [0.3, 0.4) is 0 Å². The first-order chi connectivity index (χ1) is 32.9. The van der Waals surface area contributed by atoms with E-state index < -0.39 is 78.5 Å². The fourth-order valence-electron chi connectivity index (χ4n) is 8.93. The van der Waals surface area contributed by atoms with Gasteiger partial charge in [0.2, 0.25) is 5.91 Å². The van der Waals surface area contributed by atoms with Crippen molar-refractivity contribution >= 4 is 16.3 Å². The average molecular weight is 990 g/mol. The number of carbonyl (C=O) groups is 1. The number of hydrogen-bond acceptors (Lipinski definition) is 11. The average Bonchev–Trinajstić information content (AvgIpc) is 3.31. The molecule has 0 radical (unpaired) electrons. The van der Waals surface area contributed by atoms with Crippen LogP contribution in [0.4, 0.5) is 0 Å². The number of ether oxygens (including phenoxy) is 2. The predicted octanol–water partition coefficient (Wildman–Crippen LogP) is 11.4. The summed E-state index contributed by atoms with van der Waals surface area (Å²) in [5.74, 6) is -0.704. The third-order valence-electron chi connectivity index (χ3n) is 13.3. The summed E-state index contributed by atoms with van der Waals surface area (Å²) in [7, 11) is -5.12. The highest BCUT2D eigenvalue weighted by Crippen LogP contribution is 2.26. The number of nitrogens with one attached hydrogen (secondary N) is 1. The van der Waals surface area contributed by atoms with Crippen molar-refractivity contribution in [1.29, 1.82) is 0 Å². The number of amides is 1. The van der Waals surface area contributed by atoms with Gasteiger partial charge in [-0.15, -0.1) is 0 Å². The molecular weight excluding hydrogens is 887 g/mol. The van der Waals surface area contributed by atoms with Crippen molar-refractivity contribution in [3.63, 3.8) is 0 Å². The molecule has 1 amide bonds. The molecule has 402 valence electrons. The first-order valence-corrected chi connectivity index (χ1v) is 29.2. The van der Waals surface area contributed by atoms with E-state index in [1.165, 1.54) is 161 Å². The van der Waals surface area contributed by atoms with Gasteiger partial charge in [-0.05, 0) is 44.9 Å². The second-order valence-corrected chi connectivity index (χ2v) is 20.7. The van der Waals surface area contributed by atoms with Crippen LogP contribution < -0.4 is 5.32 Å². The minimum absolute atomic E-state index is 0.238. The molecule has 1 fully saturated rings. The molecule has 0 aromatic heterocycles. The van der Waals surface area contributed by atoms with E-state index in [1.807, 2.05) is 6.08 Å². The van der Waals surface area contributed by atoms with Gasteiger partial charge in [-0.2, -0.15) is 8.42 Å². The second kappa shape index (κ2) is 44.3. The quantitative estimate of drug-likeness (QED) is 0.0172. The van der Waals surface area contributed by atoms with Gasteiger partial charge < -0.3 is 40.3 Å². The molecule has 7 N–H and O–H groups in total. The molecule has 14 heteroatoms. The van der Waals surface area contributed by atoms with Crippen molar-refractivity contribution in [1.82, 2.24) is 5.32 Å². The van der Waals surface area contributed by atoms with E-state index in [-0.39, 0.29) is 6.42 Å². The monoisotopic (exact) mass is 990 g/mol. The van der Waals surface area contributed by atoms with Crippen LogP contribution in [0.25, 0.3) is 0 Å². The topological polar surface area (TPSA) is 212 Å². The molecule has 8 atom stereocenters. The van der Waals surface area contributed by atoms with E-state index in [9.17, 15) is 43.3 Å². The zero-order valence-electron chi connectivity index (χ0n) is 43.0. The molecule has 1 saturated heterocycles. The lowest BCUT2D eigenvalue weighted by Crippen LogP contribution is -2.61. The minimum atomic E-state index is -5.12. The van der Waals surface area contributed by atoms with Crippen molar-refractivity contribution in [2.75, 3.05) is 13.2 Å². The minimum Gasteiger partial charge on any atom is -0.394 e. The van der Waals surface area contributed by atoms with Gasteiger partial charge in [0.1, 0.15) is 30.5 Å². The van der Waals surface area contributed by atoms with Crippen LogP contribution in [0.1, 0.15) is 251 Å². The first-order valence-electron chi connectivity index (χ1n) is 27.8. The molecule has 0 aliphatic carbocycles. The predicted molar refractivity (Wildman–Crippen MR) is 275 cm³/mol. The van der Waals surface area contributed by atoms with Gasteiger partial charge in [0.05, 0.1) is 25.4 Å². The van der Waals surface area contributed by atoms with Crippen LogP contribution in [0.2, 0.25) is 0 Å². The fraction of sp³-hybridized carbons (Fsp3) is 0.907. The van der Waals surface area contributed by atoms with E-state index in [4.69, 9.17) is 9.47 Å². The van der Waals surface area contributed by atoms with Crippen molar-refractivity contribution in [2.45, 2.75) is 300 Å². The Morgan fingerprint density at radius 3 is 1.37 bits per heavy atom. The molecule has 0 bridgehead atoms. The van der Waals surface area contributed by atoms with E-state index >= 15 is 0 Å². The zero-order chi connectivity index (χ0) is 49.9. The molecule has 1 aliphatic heterocycles. The maximum Gasteiger partial charge on any atom is 0.397 e. The standard InChI is InChI=1S/C54H103NO12S/c1-3-5-7-9-11-13-15-17-19-21-22-23-24-25-27-29-31-33-35-37-39-41-43-48(58)53(61)55-46(45-65-54-51(60)52(67-68(62,63)64)50(59)49(44-56)66-54)47(57)42-40-38-36-34-32-30-28-26-20-18-16-14-12-10-8-6-4-2/h25,27,40,42,46-52,54,56-60H,3-24,26,28-39,41,43-45H2,1-2H3,(H,55,61)(H,62,63,64)/b27-25-,42-40+. The van der Waals surface area contributed by atoms with Crippen LogP contribution in [-0.4, -0.2) is 107 Å². The van der Waals surface area contributed by atoms with Crippen molar-refractivity contribution in [3.8, 4) is 0 Å². The Morgan fingerprint density at radius 1 is 0.588 bits per heavy atom. The van der Waals surface area contributed by atoms with E-state index in [2.05, 4.69) is 35.5 Å². The Hall–Kier alpha value is -1.46. The smallest absolute Gasteiger partial charge is 0.394 e. The van der Waals surface area contributed by atoms with Crippen LogP contribution >= 0.6 is 0 Å². The lowest BCUT2D eigenvalue weighted by molar-refractivity contribution is -0.298. The highest BCUT2D eigenvalue weighted by Gasteiger charge is 2.48. The van der Waals surface area contributed by atoms with Crippen LogP contribution in [0.15, 0.2) is 24.3 Å². The molecule has 0 aromatic carbocycles. The van der Waals surface area contributed by atoms with Gasteiger partial charge in [-0.3, -0.25) is 9.35 Å². The Kier molecular flexibility index (Phi) is 42.0. The number of unbranched alkanes of at least 4 members (excludes halogenated alkanes) is 33. The summed E-state index contributed by atoms with van der Waals surface area (Å²) in [4.78, 5) is 13.2. The summed E-state index contributed by atoms with van der Waals surface area (Å²) < 4.78 is 47.7. The number of aliphatic hydroxyl groups is 5. The summed E-state index contributed by atoms with van der Waals surface area (Å²) in [6.45, 7) is 3.25. The molecule has 68 heavy (non-hydrogen) atoms. The third-order valence-corrected chi connectivity index (χ3v) is 13.8. The summed E-state index contributed by atoms with van der Waals surface area (Å²) in [6, 6.07) is -1.12. The first kappa shape index (κ1) is 64.6. The lowest BCUT2D eigenvalue weighted by atomic mass is 9.99. The molecule has 1 aliphatic rings. The molecule has 0 spiro atoms. The second-order valence-electron chi connectivity index (χ2n) is 19.7. The van der Waals surface area contributed by atoms with Gasteiger partial charge in [0.15, 0.2) is 6.29 Å². The Bertz CT molecular complexity index is 1320. The maximum absolute atomic E-state index is 13.2. The highest BCUT2D eigenvalue weighted by molar-refractivity contribution is 7.80. The summed E-state index contributed by atoms with van der Waals surface area (Å²) in [6.07, 6.45) is 41.1.